The zero-order chi connectivity index (χ0) is 13.3. The molecule has 0 N–H and O–H groups in total. The molecule has 1 fully saturated rings. The molecule has 0 aromatic heterocycles. The van der Waals surface area contributed by atoms with E-state index in [2.05, 4.69) is 11.8 Å². The summed E-state index contributed by atoms with van der Waals surface area (Å²) < 4.78 is 11.3. The van der Waals surface area contributed by atoms with Gasteiger partial charge in [-0.15, -0.1) is 11.6 Å². The maximum Gasteiger partial charge on any atom is 0.119 e. The summed E-state index contributed by atoms with van der Waals surface area (Å²) in [6.45, 7) is 1.67. The Hall–Kier alpha value is -1.17. The molecule has 102 valence electrons. The molecule has 3 heteroatoms. The van der Waals surface area contributed by atoms with Gasteiger partial charge in [0.2, 0.25) is 0 Å². The Morgan fingerprint density at radius 3 is 2.84 bits per heavy atom. The molecule has 0 spiro atoms. The summed E-state index contributed by atoms with van der Waals surface area (Å²) in [5, 5.41) is 0. The molecule has 0 bridgehead atoms. The minimum atomic E-state index is 0.363. The molecule has 0 radical (unpaired) electrons. The molecule has 1 saturated heterocycles. The second-order valence-electron chi connectivity index (χ2n) is 4.59. The quantitative estimate of drug-likeness (QED) is 0.465. The van der Waals surface area contributed by atoms with E-state index >= 15 is 0 Å². The van der Waals surface area contributed by atoms with Gasteiger partial charge >= 0.3 is 0 Å². The summed E-state index contributed by atoms with van der Waals surface area (Å²) in [5.41, 5.74) is 0.965. The molecule has 0 amide bonds. The minimum Gasteiger partial charge on any atom is -0.494 e. The highest BCUT2D eigenvalue weighted by molar-refractivity contribution is 6.19. The molecular weight excluding hydrogens is 260 g/mol. The van der Waals surface area contributed by atoms with Crippen molar-refractivity contribution in [2.24, 2.45) is 0 Å². The van der Waals surface area contributed by atoms with Crippen molar-refractivity contribution in [3.63, 3.8) is 0 Å². The molecule has 2 rings (SSSR count). The first-order chi connectivity index (χ1) is 9.38. The van der Waals surface area contributed by atoms with Crippen LogP contribution in [0.25, 0.3) is 0 Å². The number of rotatable bonds is 5. The van der Waals surface area contributed by atoms with Gasteiger partial charge in [0.1, 0.15) is 5.75 Å². The van der Waals surface area contributed by atoms with Crippen LogP contribution in [0.15, 0.2) is 24.3 Å². The molecule has 1 heterocycles. The van der Waals surface area contributed by atoms with Gasteiger partial charge in [-0.05, 0) is 49.9 Å². The van der Waals surface area contributed by atoms with Crippen molar-refractivity contribution >= 4 is 11.6 Å². The first-order valence-electron chi connectivity index (χ1n) is 6.78. The van der Waals surface area contributed by atoms with Crippen molar-refractivity contribution in [1.29, 1.82) is 0 Å². The average molecular weight is 279 g/mol. The van der Waals surface area contributed by atoms with Crippen molar-refractivity contribution in [2.45, 2.75) is 31.8 Å². The van der Waals surface area contributed by atoms with Gasteiger partial charge in [-0.25, -0.2) is 0 Å². The van der Waals surface area contributed by atoms with E-state index in [1.165, 1.54) is 12.8 Å². The van der Waals surface area contributed by atoms with E-state index in [4.69, 9.17) is 21.1 Å². The molecule has 1 aliphatic rings. The lowest BCUT2D eigenvalue weighted by atomic mass is 10.1. The van der Waals surface area contributed by atoms with Crippen LogP contribution in [-0.4, -0.2) is 25.2 Å². The van der Waals surface area contributed by atoms with Crippen LogP contribution in [0, 0.1) is 11.8 Å². The molecule has 1 aromatic rings. The monoisotopic (exact) mass is 278 g/mol. The zero-order valence-corrected chi connectivity index (χ0v) is 11.8. The molecule has 0 saturated carbocycles. The average Bonchev–Trinajstić information content (AvgIpc) is 2.96. The van der Waals surface area contributed by atoms with E-state index in [9.17, 15) is 0 Å². The van der Waals surface area contributed by atoms with Gasteiger partial charge < -0.3 is 9.47 Å². The summed E-state index contributed by atoms with van der Waals surface area (Å²) in [4.78, 5) is 0. The lowest BCUT2D eigenvalue weighted by Crippen LogP contribution is -2.07. The molecule has 2 nitrogen and oxygen atoms in total. The normalized spacial score (nSPS) is 17.8. The van der Waals surface area contributed by atoms with Crippen LogP contribution in [0.4, 0.5) is 0 Å². The number of alkyl halides is 1. The van der Waals surface area contributed by atoms with E-state index in [1.54, 1.807) is 0 Å². The predicted molar refractivity (Wildman–Crippen MR) is 77.7 cm³/mol. The summed E-state index contributed by atoms with van der Waals surface area (Å²) >= 11 is 5.51. The third-order valence-corrected chi connectivity index (χ3v) is 3.25. The summed E-state index contributed by atoms with van der Waals surface area (Å²) in [7, 11) is 0. The first-order valence-corrected chi connectivity index (χ1v) is 7.31. The molecule has 1 aliphatic heterocycles. The van der Waals surface area contributed by atoms with Gasteiger partial charge in [0.25, 0.3) is 0 Å². The van der Waals surface area contributed by atoms with E-state index in [1.807, 2.05) is 24.3 Å². The lowest BCUT2D eigenvalue weighted by Gasteiger charge is -2.10. The Morgan fingerprint density at radius 1 is 1.32 bits per heavy atom. The fraction of sp³-hybridized carbons (Fsp3) is 0.500. The number of benzene rings is 1. The van der Waals surface area contributed by atoms with Crippen molar-refractivity contribution in [2.75, 3.05) is 19.1 Å². The first kappa shape index (κ1) is 14.2. The molecule has 19 heavy (non-hydrogen) atoms. The maximum absolute atomic E-state index is 5.70. The van der Waals surface area contributed by atoms with Crippen LogP contribution >= 0.6 is 11.6 Å². The highest BCUT2D eigenvalue weighted by Gasteiger charge is 2.14. The molecule has 1 atom stereocenters. The van der Waals surface area contributed by atoms with Gasteiger partial charge in [-0.2, -0.15) is 0 Å². The van der Waals surface area contributed by atoms with Crippen LogP contribution in [0.2, 0.25) is 0 Å². The molecule has 0 aliphatic carbocycles. The van der Waals surface area contributed by atoms with Gasteiger partial charge in [0.05, 0.1) is 18.6 Å². The number of ether oxygens (including phenoxy) is 2. The largest absolute Gasteiger partial charge is 0.494 e. The third kappa shape index (κ3) is 5.14. The molecular formula is C16H19ClO2. The van der Waals surface area contributed by atoms with Gasteiger partial charge in [-0.3, -0.25) is 0 Å². The summed E-state index contributed by atoms with van der Waals surface area (Å²) in [6.07, 6.45) is 5.00. The molecule has 1 aromatic carbocycles. The summed E-state index contributed by atoms with van der Waals surface area (Å²) in [6, 6.07) is 7.80. The fourth-order valence-electron chi connectivity index (χ4n) is 2.14. The van der Waals surface area contributed by atoms with E-state index in [0.717, 1.165) is 37.4 Å². The fourth-order valence-corrected chi connectivity index (χ4v) is 2.21. The van der Waals surface area contributed by atoms with E-state index < -0.39 is 0 Å². The highest BCUT2D eigenvalue weighted by atomic mass is 35.5. The van der Waals surface area contributed by atoms with Gasteiger partial charge in [0.15, 0.2) is 0 Å². The standard InChI is InChI=1S/C16H19ClO2/c17-11-1-4-14-7-9-16(10-8-14)19-13-3-6-15-5-2-12-18-15/h7-10,15H,2-3,5-6,11-13H2. The molecule has 1 unspecified atom stereocenters. The minimum absolute atomic E-state index is 0.363. The predicted octanol–water partition coefficient (Wildman–Crippen LogP) is 3.61. The van der Waals surface area contributed by atoms with Crippen molar-refractivity contribution in [3.8, 4) is 17.6 Å². The highest BCUT2D eigenvalue weighted by Crippen LogP contribution is 2.17. The lowest BCUT2D eigenvalue weighted by molar-refractivity contribution is 0.0981. The second-order valence-corrected chi connectivity index (χ2v) is 4.85. The third-order valence-electron chi connectivity index (χ3n) is 3.12. The van der Waals surface area contributed by atoms with E-state index in [0.29, 0.717) is 12.0 Å². The summed E-state index contributed by atoms with van der Waals surface area (Å²) in [5.74, 6) is 7.06. The van der Waals surface area contributed by atoms with Crippen LogP contribution in [0.5, 0.6) is 5.75 Å². The number of hydrogen-bond donors (Lipinski definition) is 0. The Kier molecular flexibility index (Phi) is 6.07. The van der Waals surface area contributed by atoms with Crippen LogP contribution in [0.1, 0.15) is 31.2 Å². The van der Waals surface area contributed by atoms with Crippen molar-refractivity contribution in [3.05, 3.63) is 29.8 Å². The zero-order valence-electron chi connectivity index (χ0n) is 11.0. The Morgan fingerprint density at radius 2 is 2.16 bits per heavy atom. The van der Waals surface area contributed by atoms with Gasteiger partial charge in [-0.1, -0.05) is 11.8 Å². The Labute approximate surface area is 120 Å². The SMILES string of the molecule is ClCC#Cc1ccc(OCCCC2CCCO2)cc1. The van der Waals surface area contributed by atoms with Crippen LogP contribution in [-0.2, 0) is 4.74 Å². The van der Waals surface area contributed by atoms with Crippen LogP contribution < -0.4 is 4.74 Å². The smallest absolute Gasteiger partial charge is 0.119 e. The number of halogens is 1. The topological polar surface area (TPSA) is 18.5 Å². The van der Waals surface area contributed by atoms with E-state index in [-0.39, 0.29) is 0 Å². The Bertz CT molecular complexity index is 424. The van der Waals surface area contributed by atoms with Crippen LogP contribution in [0.3, 0.4) is 0 Å². The second kappa shape index (κ2) is 8.09. The van der Waals surface area contributed by atoms with Gasteiger partial charge in [0, 0.05) is 12.2 Å². The Balaban J connectivity index is 1.67. The van der Waals surface area contributed by atoms with Crippen molar-refractivity contribution in [1.82, 2.24) is 0 Å². The van der Waals surface area contributed by atoms with Crippen molar-refractivity contribution < 1.29 is 9.47 Å². The number of hydrogen-bond acceptors (Lipinski definition) is 2. The maximum atomic E-state index is 5.70.